The minimum absolute atomic E-state index is 0.107. The fourth-order valence-corrected chi connectivity index (χ4v) is 6.08. The summed E-state index contributed by atoms with van der Waals surface area (Å²) < 4.78 is 0. The molecule has 4 heterocycles. The summed E-state index contributed by atoms with van der Waals surface area (Å²) in [6.45, 7) is 15.4. The van der Waals surface area contributed by atoms with Crippen LogP contribution in [0, 0.1) is 29.6 Å². The summed E-state index contributed by atoms with van der Waals surface area (Å²) >= 11 is 0. The van der Waals surface area contributed by atoms with E-state index in [-0.39, 0.29) is 10.8 Å². The SMILES string of the molecule is Cc1ccccc1C1[NH+]2CC3(C(C)C)C[NH+]1CC(C(C)C)(C2)C3=O. The van der Waals surface area contributed by atoms with Gasteiger partial charge in [-0.15, -0.1) is 0 Å². The second kappa shape index (κ2) is 5.15. The second-order valence-corrected chi connectivity index (χ2v) is 9.26. The summed E-state index contributed by atoms with van der Waals surface area (Å²) in [7, 11) is 0. The number of carbonyl (C=O) groups excluding carboxylic acids is 1. The monoisotopic (exact) mass is 328 g/mol. The van der Waals surface area contributed by atoms with E-state index in [0.29, 0.717) is 23.8 Å². The molecule has 3 nitrogen and oxygen atoms in total. The lowest BCUT2D eigenvalue weighted by atomic mass is 9.53. The van der Waals surface area contributed by atoms with Crippen molar-refractivity contribution in [1.82, 2.24) is 0 Å². The summed E-state index contributed by atoms with van der Waals surface area (Å²) in [6, 6.07) is 8.87. The highest BCUT2D eigenvalue weighted by molar-refractivity contribution is 5.92. The number of nitrogens with one attached hydrogen (secondary N) is 2. The van der Waals surface area contributed by atoms with Crippen molar-refractivity contribution in [2.75, 3.05) is 26.2 Å². The van der Waals surface area contributed by atoms with Crippen LogP contribution in [0.4, 0.5) is 0 Å². The molecular formula is C21H32N2O+2. The van der Waals surface area contributed by atoms with Gasteiger partial charge in [-0.2, -0.15) is 0 Å². The molecule has 0 radical (unpaired) electrons. The first kappa shape index (κ1) is 16.3. The second-order valence-electron chi connectivity index (χ2n) is 9.26. The number of Topliss-reactive ketones (excluding diaryl/α,β-unsaturated/α-hetero) is 1. The minimum atomic E-state index is -0.107. The van der Waals surface area contributed by atoms with Crippen molar-refractivity contribution < 1.29 is 14.6 Å². The van der Waals surface area contributed by atoms with Crippen LogP contribution in [-0.2, 0) is 4.79 Å². The molecule has 4 fully saturated rings. The van der Waals surface area contributed by atoms with Crippen LogP contribution in [0.5, 0.6) is 0 Å². The maximum Gasteiger partial charge on any atom is 0.240 e. The zero-order chi connectivity index (χ0) is 17.3. The Hall–Kier alpha value is -1.19. The first-order chi connectivity index (χ1) is 11.3. The van der Waals surface area contributed by atoms with E-state index in [9.17, 15) is 4.79 Å². The first-order valence-electron chi connectivity index (χ1n) is 9.61. The van der Waals surface area contributed by atoms with Crippen molar-refractivity contribution in [3.63, 3.8) is 0 Å². The van der Waals surface area contributed by atoms with Crippen LogP contribution in [0.15, 0.2) is 24.3 Å². The van der Waals surface area contributed by atoms with Gasteiger partial charge in [0.05, 0.1) is 5.56 Å². The van der Waals surface area contributed by atoms with Crippen LogP contribution in [-0.4, -0.2) is 32.0 Å². The molecule has 4 saturated heterocycles. The quantitative estimate of drug-likeness (QED) is 0.838. The highest BCUT2D eigenvalue weighted by atomic mass is 16.1. The molecule has 1 aromatic rings. The molecule has 0 saturated carbocycles. The molecule has 24 heavy (non-hydrogen) atoms. The van der Waals surface area contributed by atoms with Gasteiger partial charge >= 0.3 is 0 Å². The molecular weight excluding hydrogens is 296 g/mol. The largest absolute Gasteiger partial charge is 0.297 e. The molecule has 4 aliphatic rings. The van der Waals surface area contributed by atoms with Gasteiger partial charge in [0.2, 0.25) is 6.17 Å². The fourth-order valence-electron chi connectivity index (χ4n) is 6.08. The normalized spacial score (nSPS) is 40.8. The Morgan fingerprint density at radius 1 is 0.917 bits per heavy atom. The highest BCUT2D eigenvalue weighted by Gasteiger charge is 2.72. The third-order valence-corrected chi connectivity index (χ3v) is 7.60. The van der Waals surface area contributed by atoms with Crippen molar-refractivity contribution in [1.29, 1.82) is 0 Å². The molecule has 1 aromatic carbocycles. The lowest BCUT2D eigenvalue weighted by Crippen LogP contribution is -3.41. The van der Waals surface area contributed by atoms with Crippen LogP contribution in [0.2, 0.25) is 0 Å². The number of benzene rings is 1. The van der Waals surface area contributed by atoms with E-state index in [2.05, 4.69) is 58.9 Å². The Balaban J connectivity index is 1.81. The van der Waals surface area contributed by atoms with Crippen LogP contribution in [0.25, 0.3) is 0 Å². The van der Waals surface area contributed by atoms with Crippen LogP contribution < -0.4 is 9.80 Å². The summed E-state index contributed by atoms with van der Waals surface area (Å²) in [5, 5.41) is 0. The smallest absolute Gasteiger partial charge is 0.240 e. The summed E-state index contributed by atoms with van der Waals surface area (Å²) in [6.07, 6.45) is 0.512. The van der Waals surface area contributed by atoms with Gasteiger partial charge in [0.15, 0.2) is 5.78 Å². The molecule has 5 rings (SSSR count). The molecule has 4 bridgehead atoms. The molecule has 0 spiro atoms. The summed E-state index contributed by atoms with van der Waals surface area (Å²) in [5.41, 5.74) is 2.68. The van der Waals surface area contributed by atoms with Gasteiger partial charge < -0.3 is 0 Å². The predicted octanol–water partition coefficient (Wildman–Crippen LogP) is 0.658. The molecule has 0 unspecified atom stereocenters. The van der Waals surface area contributed by atoms with Crippen molar-refractivity contribution in [3.05, 3.63) is 35.4 Å². The molecule has 0 aliphatic carbocycles. The van der Waals surface area contributed by atoms with Gasteiger partial charge in [-0.3, -0.25) is 14.6 Å². The Kier molecular flexibility index (Phi) is 3.50. The molecule has 4 aliphatic heterocycles. The number of carbonyl (C=O) groups is 1. The zero-order valence-electron chi connectivity index (χ0n) is 15.8. The molecule has 0 atom stereocenters. The molecule has 0 aromatic heterocycles. The highest BCUT2D eigenvalue weighted by Crippen LogP contribution is 2.45. The Morgan fingerprint density at radius 3 is 1.79 bits per heavy atom. The van der Waals surface area contributed by atoms with Gasteiger partial charge in [-0.1, -0.05) is 45.9 Å². The number of rotatable bonds is 3. The average molecular weight is 329 g/mol. The van der Waals surface area contributed by atoms with E-state index in [1.165, 1.54) is 11.1 Å². The number of hydrogen-bond acceptors (Lipinski definition) is 1. The summed E-state index contributed by atoms with van der Waals surface area (Å²) in [5.74, 6) is 1.47. The fraction of sp³-hybridized carbons (Fsp3) is 0.667. The standard InChI is InChI=1S/C21H30N2O/c1-14(2)20-10-22-12-21(15(3)4,19(20)24)13-23(11-20)18(22)17-9-7-6-8-16(17)5/h6-9,14-15,18H,10-13H2,1-5H3/p+2. The van der Waals surface area contributed by atoms with Crippen LogP contribution in [0.1, 0.15) is 45.0 Å². The number of aryl methyl sites for hydroxylation is 1. The van der Waals surface area contributed by atoms with E-state index in [0.717, 1.165) is 26.2 Å². The van der Waals surface area contributed by atoms with Crippen LogP contribution in [0.3, 0.4) is 0 Å². The number of quaternary nitrogens is 2. The zero-order valence-corrected chi connectivity index (χ0v) is 15.8. The lowest BCUT2D eigenvalue weighted by molar-refractivity contribution is -1.18. The van der Waals surface area contributed by atoms with Crippen molar-refractivity contribution >= 4 is 5.78 Å². The molecule has 3 heteroatoms. The van der Waals surface area contributed by atoms with Gasteiger partial charge in [0.25, 0.3) is 0 Å². The third kappa shape index (κ3) is 1.89. The number of hydrogen-bond donors (Lipinski definition) is 2. The minimum Gasteiger partial charge on any atom is -0.297 e. The Morgan fingerprint density at radius 2 is 1.38 bits per heavy atom. The van der Waals surface area contributed by atoms with E-state index in [1.807, 2.05) is 0 Å². The first-order valence-corrected chi connectivity index (χ1v) is 9.61. The lowest BCUT2D eigenvalue weighted by Gasteiger charge is -2.62. The van der Waals surface area contributed by atoms with Crippen molar-refractivity contribution in [2.45, 2.75) is 40.8 Å². The van der Waals surface area contributed by atoms with Gasteiger partial charge in [0.1, 0.15) is 37.0 Å². The van der Waals surface area contributed by atoms with E-state index in [1.54, 1.807) is 9.80 Å². The van der Waals surface area contributed by atoms with Crippen molar-refractivity contribution in [3.8, 4) is 0 Å². The molecule has 130 valence electrons. The van der Waals surface area contributed by atoms with E-state index >= 15 is 0 Å². The number of piperidine rings is 2. The van der Waals surface area contributed by atoms with Gasteiger partial charge in [0, 0.05) is 0 Å². The Bertz CT molecular complexity index is 632. The van der Waals surface area contributed by atoms with E-state index in [4.69, 9.17) is 0 Å². The predicted molar refractivity (Wildman–Crippen MR) is 94.9 cm³/mol. The Labute approximate surface area is 146 Å². The van der Waals surface area contributed by atoms with Crippen molar-refractivity contribution in [2.24, 2.45) is 22.7 Å². The summed E-state index contributed by atoms with van der Waals surface area (Å²) in [4.78, 5) is 16.9. The van der Waals surface area contributed by atoms with E-state index < -0.39 is 0 Å². The van der Waals surface area contributed by atoms with Crippen LogP contribution >= 0.6 is 0 Å². The third-order valence-electron chi connectivity index (χ3n) is 7.60. The maximum atomic E-state index is 13.6. The molecule has 2 N–H and O–H groups in total. The van der Waals surface area contributed by atoms with Gasteiger partial charge in [-0.25, -0.2) is 0 Å². The average Bonchev–Trinajstić information content (AvgIpc) is 2.52. The van der Waals surface area contributed by atoms with Gasteiger partial charge in [-0.05, 0) is 30.4 Å². The topological polar surface area (TPSA) is 26.0 Å². The maximum absolute atomic E-state index is 13.6. The molecule has 0 amide bonds. The number of ketones is 1.